The van der Waals surface area contributed by atoms with E-state index in [1.54, 1.807) is 0 Å². The van der Waals surface area contributed by atoms with E-state index in [2.05, 4.69) is 0 Å². The number of aryl methyl sites for hydroxylation is 1. The molecular formula is C10H12ClN. The zero-order chi connectivity index (χ0) is 8.97. The molecule has 1 aromatic carbocycles. The first-order valence-corrected chi connectivity index (χ1v) is 4.24. The molecule has 0 saturated carbocycles. The van der Waals surface area contributed by atoms with Crippen LogP contribution in [0.1, 0.15) is 11.1 Å². The van der Waals surface area contributed by atoms with E-state index in [9.17, 15) is 0 Å². The van der Waals surface area contributed by atoms with Crippen molar-refractivity contribution < 1.29 is 0 Å². The highest BCUT2D eigenvalue weighted by Gasteiger charge is 1.94. The minimum atomic E-state index is 0.546. The van der Waals surface area contributed by atoms with Gasteiger partial charge in [0.05, 0.1) is 0 Å². The molecular weight excluding hydrogens is 170 g/mol. The molecule has 2 N–H and O–H groups in total. The van der Waals surface area contributed by atoms with Gasteiger partial charge in [-0.25, -0.2) is 0 Å². The Morgan fingerprint density at radius 1 is 1.50 bits per heavy atom. The van der Waals surface area contributed by atoms with Crippen LogP contribution in [0.2, 0.25) is 5.02 Å². The van der Waals surface area contributed by atoms with Gasteiger partial charge < -0.3 is 5.73 Å². The Hall–Kier alpha value is -0.790. The monoisotopic (exact) mass is 181 g/mol. The van der Waals surface area contributed by atoms with Crippen LogP contribution in [0.25, 0.3) is 6.08 Å². The number of nitrogens with two attached hydrogens (primary N) is 1. The third kappa shape index (κ3) is 2.36. The highest BCUT2D eigenvalue weighted by atomic mass is 35.5. The highest BCUT2D eigenvalue weighted by Crippen LogP contribution is 2.18. The van der Waals surface area contributed by atoms with Crippen molar-refractivity contribution in [3.8, 4) is 0 Å². The summed E-state index contributed by atoms with van der Waals surface area (Å²) in [7, 11) is 0. The summed E-state index contributed by atoms with van der Waals surface area (Å²) in [4.78, 5) is 0. The van der Waals surface area contributed by atoms with Crippen molar-refractivity contribution in [3.05, 3.63) is 40.4 Å². The first-order chi connectivity index (χ1) is 5.74. The van der Waals surface area contributed by atoms with E-state index in [1.165, 1.54) is 5.56 Å². The molecule has 1 nitrogen and oxygen atoms in total. The van der Waals surface area contributed by atoms with E-state index in [4.69, 9.17) is 17.3 Å². The molecule has 64 valence electrons. The lowest BCUT2D eigenvalue weighted by Crippen LogP contribution is -1.92. The fraction of sp³-hybridized carbons (Fsp3) is 0.200. The largest absolute Gasteiger partial charge is 0.327 e. The molecule has 0 aliphatic heterocycles. The third-order valence-electron chi connectivity index (χ3n) is 1.59. The summed E-state index contributed by atoms with van der Waals surface area (Å²) < 4.78 is 0. The average Bonchev–Trinajstić information content (AvgIpc) is 2.03. The van der Waals surface area contributed by atoms with Gasteiger partial charge in [0.2, 0.25) is 0 Å². The summed E-state index contributed by atoms with van der Waals surface area (Å²) in [5.74, 6) is 0. The molecule has 0 atom stereocenters. The Kier molecular flexibility index (Phi) is 3.32. The van der Waals surface area contributed by atoms with Crippen molar-refractivity contribution in [1.29, 1.82) is 0 Å². The van der Waals surface area contributed by atoms with Crippen LogP contribution >= 0.6 is 11.6 Å². The van der Waals surface area contributed by atoms with E-state index >= 15 is 0 Å². The van der Waals surface area contributed by atoms with Gasteiger partial charge in [-0.1, -0.05) is 35.9 Å². The Balaban J connectivity index is 2.94. The number of hydrogen-bond acceptors (Lipinski definition) is 1. The third-order valence-corrected chi connectivity index (χ3v) is 1.92. The number of rotatable bonds is 2. The molecule has 2 heteroatoms. The van der Waals surface area contributed by atoms with E-state index in [1.807, 2.05) is 37.3 Å². The standard InChI is InChI=1S/C10H12ClN/c1-8-4-5-9(3-2-6-12)10(11)7-8/h2-5,7H,6,12H2,1H3. The van der Waals surface area contributed by atoms with Gasteiger partial charge in [-0.05, 0) is 24.1 Å². The Morgan fingerprint density at radius 3 is 2.83 bits per heavy atom. The van der Waals surface area contributed by atoms with Gasteiger partial charge in [-0.15, -0.1) is 0 Å². The molecule has 1 aromatic rings. The smallest absolute Gasteiger partial charge is 0.0480 e. The second-order valence-electron chi connectivity index (χ2n) is 2.66. The molecule has 0 aromatic heterocycles. The minimum Gasteiger partial charge on any atom is -0.327 e. The van der Waals surface area contributed by atoms with Crippen molar-refractivity contribution in [2.24, 2.45) is 5.73 Å². The molecule has 12 heavy (non-hydrogen) atoms. The molecule has 0 spiro atoms. The van der Waals surface area contributed by atoms with E-state index in [0.717, 1.165) is 10.6 Å². The molecule has 0 bridgehead atoms. The first-order valence-electron chi connectivity index (χ1n) is 3.87. The topological polar surface area (TPSA) is 26.0 Å². The van der Waals surface area contributed by atoms with Gasteiger partial charge >= 0.3 is 0 Å². The van der Waals surface area contributed by atoms with Crippen LogP contribution in [0.3, 0.4) is 0 Å². The summed E-state index contributed by atoms with van der Waals surface area (Å²) >= 11 is 5.97. The highest BCUT2D eigenvalue weighted by molar-refractivity contribution is 6.32. The van der Waals surface area contributed by atoms with Crippen molar-refractivity contribution in [2.75, 3.05) is 6.54 Å². The second-order valence-corrected chi connectivity index (χ2v) is 3.07. The van der Waals surface area contributed by atoms with Gasteiger partial charge in [-0.2, -0.15) is 0 Å². The molecule has 0 unspecified atom stereocenters. The van der Waals surface area contributed by atoms with Crippen molar-refractivity contribution in [3.63, 3.8) is 0 Å². The number of benzene rings is 1. The summed E-state index contributed by atoms with van der Waals surface area (Å²) in [6, 6.07) is 5.96. The van der Waals surface area contributed by atoms with Gasteiger partial charge in [-0.3, -0.25) is 0 Å². The lowest BCUT2D eigenvalue weighted by atomic mass is 10.1. The predicted octanol–water partition coefficient (Wildman–Crippen LogP) is 2.62. The van der Waals surface area contributed by atoms with Crippen molar-refractivity contribution in [1.82, 2.24) is 0 Å². The van der Waals surface area contributed by atoms with E-state index in [0.29, 0.717) is 6.54 Å². The van der Waals surface area contributed by atoms with Crippen LogP contribution < -0.4 is 5.73 Å². The number of hydrogen-bond donors (Lipinski definition) is 1. The van der Waals surface area contributed by atoms with Crippen LogP contribution in [-0.4, -0.2) is 6.54 Å². The van der Waals surface area contributed by atoms with Crippen LogP contribution in [-0.2, 0) is 0 Å². The van der Waals surface area contributed by atoms with Crippen molar-refractivity contribution in [2.45, 2.75) is 6.92 Å². The SMILES string of the molecule is Cc1ccc(C=CCN)c(Cl)c1. The normalized spacial score (nSPS) is 10.9. The van der Waals surface area contributed by atoms with Crippen LogP contribution in [0, 0.1) is 6.92 Å². The maximum atomic E-state index is 5.97. The maximum absolute atomic E-state index is 5.97. The lowest BCUT2D eigenvalue weighted by Gasteiger charge is -1.98. The number of halogens is 1. The molecule has 0 amide bonds. The second kappa shape index (κ2) is 4.29. The summed E-state index contributed by atoms with van der Waals surface area (Å²) in [5, 5.41) is 0.778. The van der Waals surface area contributed by atoms with Crippen molar-refractivity contribution >= 4 is 17.7 Å². The van der Waals surface area contributed by atoms with Gasteiger partial charge in [0.1, 0.15) is 0 Å². The fourth-order valence-corrected chi connectivity index (χ4v) is 1.26. The minimum absolute atomic E-state index is 0.546. The molecule has 0 radical (unpaired) electrons. The first kappa shape index (κ1) is 9.30. The zero-order valence-electron chi connectivity index (χ0n) is 7.05. The van der Waals surface area contributed by atoms with E-state index in [-0.39, 0.29) is 0 Å². The molecule has 0 aliphatic carbocycles. The Labute approximate surface area is 77.8 Å². The fourth-order valence-electron chi connectivity index (χ4n) is 0.962. The molecule has 0 heterocycles. The summed E-state index contributed by atoms with van der Waals surface area (Å²) in [6.07, 6.45) is 3.82. The van der Waals surface area contributed by atoms with Gasteiger partial charge in [0.25, 0.3) is 0 Å². The quantitative estimate of drug-likeness (QED) is 0.746. The average molecular weight is 182 g/mol. The Morgan fingerprint density at radius 2 is 2.25 bits per heavy atom. The van der Waals surface area contributed by atoms with Crippen LogP contribution in [0.15, 0.2) is 24.3 Å². The zero-order valence-corrected chi connectivity index (χ0v) is 7.81. The molecule has 1 rings (SSSR count). The molecule has 0 saturated heterocycles. The predicted molar refractivity (Wildman–Crippen MR) is 54.3 cm³/mol. The lowest BCUT2D eigenvalue weighted by molar-refractivity contribution is 1.26. The van der Waals surface area contributed by atoms with Crippen LogP contribution in [0.4, 0.5) is 0 Å². The maximum Gasteiger partial charge on any atom is 0.0480 e. The van der Waals surface area contributed by atoms with Crippen LogP contribution in [0.5, 0.6) is 0 Å². The van der Waals surface area contributed by atoms with Gasteiger partial charge in [0, 0.05) is 11.6 Å². The van der Waals surface area contributed by atoms with E-state index < -0.39 is 0 Å². The molecule has 0 fully saturated rings. The van der Waals surface area contributed by atoms with Gasteiger partial charge in [0.15, 0.2) is 0 Å². The summed E-state index contributed by atoms with van der Waals surface area (Å²) in [6.45, 7) is 2.56. The molecule has 0 aliphatic rings. The Bertz CT molecular complexity index is 292. The summed E-state index contributed by atoms with van der Waals surface area (Å²) in [5.41, 5.74) is 7.52.